The van der Waals surface area contributed by atoms with Crippen LogP contribution in [0.4, 0.5) is 4.79 Å². The lowest BCUT2D eigenvalue weighted by molar-refractivity contribution is 0.0860. The Hall–Kier alpha value is -1.59. The molecule has 2 saturated heterocycles. The van der Waals surface area contributed by atoms with Crippen LogP contribution in [-0.4, -0.2) is 55.9 Å². The summed E-state index contributed by atoms with van der Waals surface area (Å²) in [6.45, 7) is 6.91. The van der Waals surface area contributed by atoms with Crippen LogP contribution in [0.3, 0.4) is 0 Å². The predicted molar refractivity (Wildman–Crippen MR) is 99.7 cm³/mol. The SMILES string of the molecule is C[C@H](NC(=O)NC[C@H]1CCN(CCc2ccccc2)C1)[C@H]1CCCO1. The first-order valence-electron chi connectivity index (χ1n) is 9.63. The Balaban J connectivity index is 1.30. The van der Waals surface area contributed by atoms with Gasteiger partial charge in [0.15, 0.2) is 0 Å². The largest absolute Gasteiger partial charge is 0.376 e. The first kappa shape index (κ1) is 18.2. The Morgan fingerprint density at radius 1 is 1.32 bits per heavy atom. The zero-order chi connectivity index (χ0) is 17.5. The summed E-state index contributed by atoms with van der Waals surface area (Å²) in [4.78, 5) is 14.6. The van der Waals surface area contributed by atoms with E-state index in [4.69, 9.17) is 4.74 Å². The van der Waals surface area contributed by atoms with Crippen LogP contribution in [0.25, 0.3) is 0 Å². The number of carbonyl (C=O) groups is 1. The molecule has 0 bridgehead atoms. The maximum Gasteiger partial charge on any atom is 0.315 e. The van der Waals surface area contributed by atoms with E-state index in [1.54, 1.807) is 0 Å². The predicted octanol–water partition coefficient (Wildman–Crippen LogP) is 2.42. The van der Waals surface area contributed by atoms with Crippen LogP contribution in [0.15, 0.2) is 30.3 Å². The topological polar surface area (TPSA) is 53.6 Å². The highest BCUT2D eigenvalue weighted by atomic mass is 16.5. The van der Waals surface area contributed by atoms with Crippen molar-refractivity contribution in [2.24, 2.45) is 5.92 Å². The Morgan fingerprint density at radius 2 is 2.16 bits per heavy atom. The van der Waals surface area contributed by atoms with Gasteiger partial charge in [0, 0.05) is 26.2 Å². The number of ether oxygens (including phenoxy) is 1. The molecule has 0 aliphatic carbocycles. The fourth-order valence-corrected chi connectivity index (χ4v) is 3.80. The van der Waals surface area contributed by atoms with Crippen LogP contribution in [0.1, 0.15) is 31.7 Å². The third-order valence-corrected chi connectivity index (χ3v) is 5.36. The van der Waals surface area contributed by atoms with E-state index in [0.29, 0.717) is 5.92 Å². The fraction of sp³-hybridized carbons (Fsp3) is 0.650. The highest BCUT2D eigenvalue weighted by Crippen LogP contribution is 2.17. The number of benzene rings is 1. The molecular formula is C20H31N3O2. The summed E-state index contributed by atoms with van der Waals surface area (Å²) >= 11 is 0. The van der Waals surface area contributed by atoms with Gasteiger partial charge in [0.2, 0.25) is 0 Å². The number of carbonyl (C=O) groups excluding carboxylic acids is 1. The van der Waals surface area contributed by atoms with Gasteiger partial charge in [-0.25, -0.2) is 4.79 Å². The first-order valence-corrected chi connectivity index (χ1v) is 9.63. The minimum Gasteiger partial charge on any atom is -0.376 e. The molecule has 2 aliphatic heterocycles. The zero-order valence-electron chi connectivity index (χ0n) is 15.2. The molecule has 0 saturated carbocycles. The second-order valence-corrected chi connectivity index (χ2v) is 7.39. The van der Waals surface area contributed by atoms with Crippen LogP contribution < -0.4 is 10.6 Å². The normalized spacial score (nSPS) is 25.0. The van der Waals surface area contributed by atoms with E-state index in [9.17, 15) is 4.79 Å². The molecule has 0 radical (unpaired) electrons. The van der Waals surface area contributed by atoms with E-state index >= 15 is 0 Å². The lowest BCUT2D eigenvalue weighted by atomic mass is 10.1. The molecule has 5 heteroatoms. The smallest absolute Gasteiger partial charge is 0.315 e. The van der Waals surface area contributed by atoms with Crippen LogP contribution in [0.5, 0.6) is 0 Å². The molecule has 0 unspecified atom stereocenters. The van der Waals surface area contributed by atoms with Crippen LogP contribution in [-0.2, 0) is 11.2 Å². The third kappa shape index (κ3) is 5.72. The van der Waals surface area contributed by atoms with Gasteiger partial charge in [-0.2, -0.15) is 0 Å². The number of amides is 2. The van der Waals surface area contributed by atoms with Crippen molar-refractivity contribution in [1.29, 1.82) is 0 Å². The Kier molecular flexibility index (Phi) is 6.70. The molecule has 2 fully saturated rings. The van der Waals surface area contributed by atoms with Gasteiger partial charge in [-0.15, -0.1) is 0 Å². The minimum atomic E-state index is -0.0641. The average molecular weight is 345 g/mol. The van der Waals surface area contributed by atoms with Crippen molar-refractivity contribution < 1.29 is 9.53 Å². The molecule has 138 valence electrons. The Bertz CT molecular complexity index is 531. The van der Waals surface area contributed by atoms with Gasteiger partial charge in [0.25, 0.3) is 0 Å². The number of hydrogen-bond donors (Lipinski definition) is 2. The van der Waals surface area contributed by atoms with E-state index < -0.39 is 0 Å². The molecule has 1 aromatic carbocycles. The van der Waals surface area contributed by atoms with E-state index in [0.717, 1.165) is 58.5 Å². The molecule has 5 nitrogen and oxygen atoms in total. The van der Waals surface area contributed by atoms with E-state index in [1.165, 1.54) is 5.56 Å². The van der Waals surface area contributed by atoms with E-state index in [1.807, 2.05) is 6.92 Å². The molecule has 0 aromatic heterocycles. The first-order chi connectivity index (χ1) is 12.2. The number of rotatable bonds is 7. The van der Waals surface area contributed by atoms with Crippen molar-refractivity contribution in [2.75, 3.05) is 32.8 Å². The van der Waals surface area contributed by atoms with Gasteiger partial charge in [-0.3, -0.25) is 0 Å². The minimum absolute atomic E-state index is 0.0641. The van der Waals surface area contributed by atoms with Crippen molar-refractivity contribution in [3.63, 3.8) is 0 Å². The molecule has 2 amide bonds. The van der Waals surface area contributed by atoms with Crippen molar-refractivity contribution in [3.8, 4) is 0 Å². The second kappa shape index (κ2) is 9.20. The van der Waals surface area contributed by atoms with Gasteiger partial charge in [0.05, 0.1) is 12.1 Å². The van der Waals surface area contributed by atoms with Crippen molar-refractivity contribution >= 4 is 6.03 Å². The summed E-state index contributed by atoms with van der Waals surface area (Å²) in [6.07, 6.45) is 4.57. The second-order valence-electron chi connectivity index (χ2n) is 7.39. The third-order valence-electron chi connectivity index (χ3n) is 5.36. The van der Waals surface area contributed by atoms with Crippen LogP contribution in [0, 0.1) is 5.92 Å². The average Bonchev–Trinajstić information content (AvgIpc) is 3.31. The quantitative estimate of drug-likeness (QED) is 0.798. The molecule has 3 atom stereocenters. The summed E-state index contributed by atoms with van der Waals surface area (Å²) in [7, 11) is 0. The van der Waals surface area contributed by atoms with Crippen LogP contribution in [0.2, 0.25) is 0 Å². The van der Waals surface area contributed by atoms with Crippen molar-refractivity contribution in [3.05, 3.63) is 35.9 Å². The summed E-state index contributed by atoms with van der Waals surface area (Å²) in [5, 5.41) is 6.06. The standard InChI is InChI=1S/C20H31N3O2/c1-16(19-8-5-13-25-19)22-20(24)21-14-18-10-12-23(15-18)11-9-17-6-3-2-4-7-17/h2-4,6-7,16,18-19H,5,8-15H2,1H3,(H2,21,22,24)/t16-,18+,19+/m0/s1. The highest BCUT2D eigenvalue weighted by molar-refractivity contribution is 5.74. The highest BCUT2D eigenvalue weighted by Gasteiger charge is 2.25. The lowest BCUT2D eigenvalue weighted by Gasteiger charge is -2.21. The zero-order valence-corrected chi connectivity index (χ0v) is 15.2. The summed E-state index contributed by atoms with van der Waals surface area (Å²) in [5.41, 5.74) is 1.39. The Labute approximate surface area is 151 Å². The molecular weight excluding hydrogens is 314 g/mol. The van der Waals surface area contributed by atoms with Crippen LogP contribution >= 0.6 is 0 Å². The van der Waals surface area contributed by atoms with Gasteiger partial charge in [-0.05, 0) is 50.6 Å². The summed E-state index contributed by atoms with van der Waals surface area (Å²) < 4.78 is 5.62. The number of hydrogen-bond acceptors (Lipinski definition) is 3. The number of likely N-dealkylation sites (tertiary alicyclic amines) is 1. The van der Waals surface area contributed by atoms with Gasteiger partial charge < -0.3 is 20.3 Å². The lowest BCUT2D eigenvalue weighted by Crippen LogP contribution is -2.47. The molecule has 2 heterocycles. The Morgan fingerprint density at radius 3 is 2.92 bits per heavy atom. The van der Waals surface area contributed by atoms with Gasteiger partial charge in [0.1, 0.15) is 0 Å². The van der Waals surface area contributed by atoms with Crippen molar-refractivity contribution in [2.45, 2.75) is 44.8 Å². The van der Waals surface area contributed by atoms with E-state index in [2.05, 4.69) is 45.9 Å². The maximum atomic E-state index is 12.1. The number of nitrogens with zero attached hydrogens (tertiary/aromatic N) is 1. The number of urea groups is 1. The monoisotopic (exact) mass is 345 g/mol. The summed E-state index contributed by atoms with van der Waals surface area (Å²) in [6, 6.07) is 10.7. The maximum absolute atomic E-state index is 12.1. The molecule has 2 N–H and O–H groups in total. The van der Waals surface area contributed by atoms with E-state index in [-0.39, 0.29) is 18.2 Å². The molecule has 0 spiro atoms. The van der Waals surface area contributed by atoms with Gasteiger partial charge in [-0.1, -0.05) is 30.3 Å². The van der Waals surface area contributed by atoms with Crippen molar-refractivity contribution in [1.82, 2.24) is 15.5 Å². The molecule has 2 aliphatic rings. The molecule has 1 aromatic rings. The number of nitrogens with one attached hydrogen (secondary N) is 2. The summed E-state index contributed by atoms with van der Waals surface area (Å²) in [5.74, 6) is 0.555. The molecule has 25 heavy (non-hydrogen) atoms. The molecule has 3 rings (SSSR count). The fourth-order valence-electron chi connectivity index (χ4n) is 3.80. The van der Waals surface area contributed by atoms with Gasteiger partial charge >= 0.3 is 6.03 Å².